The number of nitrogens with one attached hydrogen (secondary N) is 1. The number of carbonyl (C=O) groups excluding carboxylic acids is 2. The highest BCUT2D eigenvalue weighted by Crippen LogP contribution is 2.19. The quantitative estimate of drug-likeness (QED) is 0.365. The average Bonchev–Trinajstić information content (AvgIpc) is 2.84. The SMILES string of the molecule is CCCCNC(=O)[C@H](Cc1ccccc1)N(Cc1cccc(C)c1)C(=O)Cc1cc(C)ccc1C. The lowest BCUT2D eigenvalue weighted by molar-refractivity contribution is -0.140. The monoisotopic (exact) mass is 470 g/mol. The van der Waals surface area contributed by atoms with Gasteiger partial charge in [-0.1, -0.05) is 97.3 Å². The minimum Gasteiger partial charge on any atom is -0.354 e. The van der Waals surface area contributed by atoms with Gasteiger partial charge in [-0.2, -0.15) is 0 Å². The van der Waals surface area contributed by atoms with Gasteiger partial charge < -0.3 is 10.2 Å². The second-order valence-electron chi connectivity index (χ2n) is 9.47. The molecule has 0 fully saturated rings. The van der Waals surface area contributed by atoms with Crippen LogP contribution in [0, 0.1) is 20.8 Å². The molecule has 0 aliphatic carbocycles. The van der Waals surface area contributed by atoms with Crippen molar-refractivity contribution >= 4 is 11.8 Å². The molecule has 4 nitrogen and oxygen atoms in total. The predicted molar refractivity (Wildman–Crippen MR) is 143 cm³/mol. The zero-order valence-electron chi connectivity index (χ0n) is 21.5. The van der Waals surface area contributed by atoms with Crippen LogP contribution in [0.15, 0.2) is 72.8 Å². The van der Waals surface area contributed by atoms with Gasteiger partial charge in [-0.05, 0) is 49.4 Å². The highest BCUT2D eigenvalue weighted by molar-refractivity contribution is 5.89. The van der Waals surface area contributed by atoms with Crippen molar-refractivity contribution in [2.75, 3.05) is 6.54 Å². The van der Waals surface area contributed by atoms with E-state index in [1.54, 1.807) is 4.90 Å². The number of hydrogen-bond donors (Lipinski definition) is 1. The van der Waals surface area contributed by atoms with Crippen molar-refractivity contribution < 1.29 is 9.59 Å². The van der Waals surface area contributed by atoms with Crippen LogP contribution < -0.4 is 5.32 Å². The normalized spacial score (nSPS) is 11.7. The van der Waals surface area contributed by atoms with Gasteiger partial charge in [0.05, 0.1) is 6.42 Å². The van der Waals surface area contributed by atoms with Crippen molar-refractivity contribution in [1.29, 1.82) is 0 Å². The zero-order valence-corrected chi connectivity index (χ0v) is 21.5. The van der Waals surface area contributed by atoms with Crippen LogP contribution in [0.3, 0.4) is 0 Å². The molecular formula is C31H38N2O2. The number of amides is 2. The number of carbonyl (C=O) groups is 2. The van der Waals surface area contributed by atoms with E-state index in [9.17, 15) is 9.59 Å². The molecule has 0 saturated heterocycles. The third-order valence-corrected chi connectivity index (χ3v) is 6.38. The van der Waals surface area contributed by atoms with E-state index in [2.05, 4.69) is 36.5 Å². The van der Waals surface area contributed by atoms with Gasteiger partial charge in [0.25, 0.3) is 0 Å². The van der Waals surface area contributed by atoms with Crippen LogP contribution in [0.2, 0.25) is 0 Å². The molecule has 4 heteroatoms. The number of nitrogens with zero attached hydrogens (tertiary/aromatic N) is 1. The summed E-state index contributed by atoms with van der Waals surface area (Å²) in [5, 5.41) is 3.09. The van der Waals surface area contributed by atoms with E-state index in [4.69, 9.17) is 0 Å². The molecule has 2 amide bonds. The van der Waals surface area contributed by atoms with E-state index >= 15 is 0 Å². The van der Waals surface area contributed by atoms with Crippen molar-refractivity contribution in [3.63, 3.8) is 0 Å². The Morgan fingerprint density at radius 2 is 1.57 bits per heavy atom. The maximum absolute atomic E-state index is 13.9. The van der Waals surface area contributed by atoms with Gasteiger partial charge in [0, 0.05) is 19.5 Å². The number of hydrogen-bond acceptors (Lipinski definition) is 2. The van der Waals surface area contributed by atoms with E-state index in [0.29, 0.717) is 19.5 Å². The Morgan fingerprint density at radius 1 is 0.857 bits per heavy atom. The summed E-state index contributed by atoms with van der Waals surface area (Å²) in [4.78, 5) is 29.2. The topological polar surface area (TPSA) is 49.4 Å². The van der Waals surface area contributed by atoms with Crippen molar-refractivity contribution in [3.8, 4) is 0 Å². The molecule has 0 aromatic heterocycles. The Balaban J connectivity index is 1.97. The molecule has 0 spiro atoms. The van der Waals surface area contributed by atoms with Gasteiger partial charge in [-0.15, -0.1) is 0 Å². The first-order chi connectivity index (χ1) is 16.9. The van der Waals surface area contributed by atoms with E-state index in [-0.39, 0.29) is 18.2 Å². The molecular weight excluding hydrogens is 432 g/mol. The van der Waals surface area contributed by atoms with Crippen molar-refractivity contribution in [2.45, 2.75) is 66.0 Å². The van der Waals surface area contributed by atoms with Gasteiger partial charge >= 0.3 is 0 Å². The molecule has 184 valence electrons. The van der Waals surface area contributed by atoms with E-state index in [1.807, 2.05) is 69.3 Å². The molecule has 0 aliphatic rings. The van der Waals surface area contributed by atoms with Crippen LogP contribution in [0.1, 0.15) is 53.1 Å². The molecule has 0 heterocycles. The van der Waals surface area contributed by atoms with Crippen LogP contribution >= 0.6 is 0 Å². The standard InChI is InChI=1S/C31H38N2O2/c1-5-6-17-32-31(35)29(20-26-12-8-7-9-13-26)33(22-27-14-10-11-23(2)18-27)30(34)21-28-19-24(3)15-16-25(28)4/h7-16,18-19,29H,5-6,17,20-22H2,1-4H3,(H,32,35)/t29-/m0/s1. The lowest BCUT2D eigenvalue weighted by atomic mass is 9.99. The average molecular weight is 471 g/mol. The third kappa shape index (κ3) is 7.81. The van der Waals surface area contributed by atoms with Gasteiger partial charge in [-0.25, -0.2) is 0 Å². The van der Waals surface area contributed by atoms with E-state index < -0.39 is 6.04 Å². The summed E-state index contributed by atoms with van der Waals surface area (Å²) in [6.07, 6.45) is 2.66. The maximum atomic E-state index is 13.9. The molecule has 1 N–H and O–H groups in total. The van der Waals surface area contributed by atoms with Gasteiger partial charge in [0.2, 0.25) is 11.8 Å². The molecule has 35 heavy (non-hydrogen) atoms. The molecule has 1 atom stereocenters. The van der Waals surface area contributed by atoms with Crippen LogP contribution in [0.5, 0.6) is 0 Å². The lowest BCUT2D eigenvalue weighted by Gasteiger charge is -2.32. The first-order valence-corrected chi connectivity index (χ1v) is 12.6. The second-order valence-corrected chi connectivity index (χ2v) is 9.47. The van der Waals surface area contributed by atoms with E-state index in [0.717, 1.165) is 46.2 Å². The molecule has 3 aromatic carbocycles. The largest absolute Gasteiger partial charge is 0.354 e. The van der Waals surface area contributed by atoms with Crippen molar-refractivity contribution in [3.05, 3.63) is 106 Å². The summed E-state index contributed by atoms with van der Waals surface area (Å²) in [6, 6.07) is 23.7. The fourth-order valence-electron chi connectivity index (χ4n) is 4.32. The first-order valence-electron chi connectivity index (χ1n) is 12.6. The number of unbranched alkanes of at least 4 members (excludes halogenated alkanes) is 1. The molecule has 0 bridgehead atoms. The van der Waals surface area contributed by atoms with Crippen LogP contribution in [0.25, 0.3) is 0 Å². The zero-order chi connectivity index (χ0) is 25.2. The first kappa shape index (κ1) is 26.2. The highest BCUT2D eigenvalue weighted by atomic mass is 16.2. The summed E-state index contributed by atoms with van der Waals surface area (Å²) >= 11 is 0. The number of aryl methyl sites for hydroxylation is 3. The Bertz CT molecular complexity index is 1120. The molecule has 3 aromatic rings. The Hall–Kier alpha value is -3.40. The van der Waals surface area contributed by atoms with Gasteiger partial charge in [-0.3, -0.25) is 9.59 Å². The number of benzene rings is 3. The molecule has 0 aliphatic heterocycles. The second kappa shape index (κ2) is 12.9. The molecule has 3 rings (SSSR count). The van der Waals surface area contributed by atoms with Crippen molar-refractivity contribution in [1.82, 2.24) is 10.2 Å². The smallest absolute Gasteiger partial charge is 0.243 e. The highest BCUT2D eigenvalue weighted by Gasteiger charge is 2.30. The fourth-order valence-corrected chi connectivity index (χ4v) is 4.32. The third-order valence-electron chi connectivity index (χ3n) is 6.38. The van der Waals surface area contributed by atoms with Crippen molar-refractivity contribution in [2.24, 2.45) is 0 Å². The lowest BCUT2D eigenvalue weighted by Crippen LogP contribution is -2.51. The predicted octanol–water partition coefficient (Wildman–Crippen LogP) is 5.71. The molecule has 0 radical (unpaired) electrons. The van der Waals surface area contributed by atoms with E-state index in [1.165, 1.54) is 0 Å². The minimum atomic E-state index is -0.590. The summed E-state index contributed by atoms with van der Waals surface area (Å²) in [6.45, 7) is 9.23. The summed E-state index contributed by atoms with van der Waals surface area (Å²) in [5.41, 5.74) is 6.43. The Morgan fingerprint density at radius 3 is 2.29 bits per heavy atom. The van der Waals surface area contributed by atoms with Gasteiger partial charge in [0.15, 0.2) is 0 Å². The number of rotatable bonds is 11. The Kier molecular flexibility index (Phi) is 9.66. The summed E-state index contributed by atoms with van der Waals surface area (Å²) in [7, 11) is 0. The van der Waals surface area contributed by atoms with Crippen LogP contribution in [-0.4, -0.2) is 29.3 Å². The fraction of sp³-hybridized carbons (Fsp3) is 0.355. The van der Waals surface area contributed by atoms with Gasteiger partial charge in [0.1, 0.15) is 6.04 Å². The van der Waals surface area contributed by atoms with Crippen LogP contribution in [-0.2, 0) is 29.0 Å². The summed E-state index contributed by atoms with van der Waals surface area (Å²) in [5.74, 6) is -0.129. The van der Waals surface area contributed by atoms with Crippen LogP contribution in [0.4, 0.5) is 0 Å². The Labute approximate surface area is 210 Å². The molecule has 0 saturated carbocycles. The molecule has 0 unspecified atom stereocenters. The summed E-state index contributed by atoms with van der Waals surface area (Å²) < 4.78 is 0. The minimum absolute atomic E-state index is 0.0354. The maximum Gasteiger partial charge on any atom is 0.243 e.